The average molecular weight is 232 g/mol. The molecule has 2 atom stereocenters. The molecule has 0 spiro atoms. The lowest BCUT2D eigenvalue weighted by Crippen LogP contribution is -2.19. The van der Waals surface area contributed by atoms with Crippen molar-refractivity contribution in [2.75, 3.05) is 12.5 Å². The molecule has 0 bridgehead atoms. The van der Waals surface area contributed by atoms with E-state index in [1.807, 2.05) is 6.92 Å². The van der Waals surface area contributed by atoms with Crippen molar-refractivity contribution in [3.63, 3.8) is 0 Å². The summed E-state index contributed by atoms with van der Waals surface area (Å²) in [6, 6.07) is 3.29. The summed E-state index contributed by atoms with van der Waals surface area (Å²) in [7, 11) is 0. The second kappa shape index (κ2) is 5.90. The average Bonchev–Trinajstić information content (AvgIpc) is 2.28. The van der Waals surface area contributed by atoms with Crippen molar-refractivity contribution in [3.8, 4) is 5.88 Å². The number of rotatable bonds is 5. The van der Waals surface area contributed by atoms with Gasteiger partial charge in [-0.05, 0) is 13.0 Å². The van der Waals surface area contributed by atoms with Crippen LogP contribution in [0.1, 0.15) is 18.6 Å². The van der Waals surface area contributed by atoms with Crippen molar-refractivity contribution in [1.29, 1.82) is 0 Å². The van der Waals surface area contributed by atoms with Gasteiger partial charge in [0.05, 0.1) is 18.6 Å². The molecule has 0 aromatic carbocycles. The highest BCUT2D eigenvalue weighted by molar-refractivity contribution is 6.18. The van der Waals surface area contributed by atoms with E-state index in [4.69, 9.17) is 16.3 Å². The van der Waals surface area contributed by atoms with Crippen LogP contribution in [0, 0.1) is 0 Å². The minimum atomic E-state index is -1.01. The van der Waals surface area contributed by atoms with Gasteiger partial charge in [0.25, 0.3) is 0 Å². The summed E-state index contributed by atoms with van der Waals surface area (Å²) < 4.78 is 5.15. The van der Waals surface area contributed by atoms with Crippen LogP contribution in [0.5, 0.6) is 5.88 Å². The van der Waals surface area contributed by atoms with E-state index in [9.17, 15) is 10.2 Å². The van der Waals surface area contributed by atoms with Crippen LogP contribution < -0.4 is 4.74 Å². The molecule has 0 fully saturated rings. The third-order valence-corrected chi connectivity index (χ3v) is 2.23. The first-order chi connectivity index (χ1) is 7.19. The van der Waals surface area contributed by atoms with Crippen LogP contribution in [0.15, 0.2) is 18.3 Å². The van der Waals surface area contributed by atoms with Crippen molar-refractivity contribution < 1.29 is 14.9 Å². The van der Waals surface area contributed by atoms with Gasteiger partial charge in [-0.1, -0.05) is 0 Å². The van der Waals surface area contributed by atoms with Crippen molar-refractivity contribution in [2.45, 2.75) is 19.1 Å². The van der Waals surface area contributed by atoms with Crippen LogP contribution in [0.25, 0.3) is 0 Å². The predicted molar refractivity (Wildman–Crippen MR) is 57.1 cm³/mol. The predicted octanol–water partition coefficient (Wildman–Crippen LogP) is 1.11. The Morgan fingerprint density at radius 3 is 2.67 bits per heavy atom. The van der Waals surface area contributed by atoms with Gasteiger partial charge in [0.15, 0.2) is 0 Å². The molecule has 2 N–H and O–H groups in total. The lowest BCUT2D eigenvalue weighted by atomic mass is 10.1. The van der Waals surface area contributed by atoms with E-state index in [1.165, 1.54) is 6.20 Å². The van der Waals surface area contributed by atoms with Gasteiger partial charge >= 0.3 is 0 Å². The Kier molecular flexibility index (Phi) is 4.81. The van der Waals surface area contributed by atoms with Crippen molar-refractivity contribution in [2.24, 2.45) is 0 Å². The molecule has 0 amide bonds. The Hall–Kier alpha value is -0.840. The number of hydrogen-bond donors (Lipinski definition) is 2. The Bertz CT molecular complexity index is 291. The summed E-state index contributed by atoms with van der Waals surface area (Å²) in [6.45, 7) is 2.40. The molecule has 15 heavy (non-hydrogen) atoms. The number of halogens is 1. The fraction of sp³-hybridized carbons (Fsp3) is 0.500. The monoisotopic (exact) mass is 231 g/mol. The maximum absolute atomic E-state index is 9.59. The highest BCUT2D eigenvalue weighted by atomic mass is 35.5. The number of aromatic nitrogens is 1. The zero-order valence-corrected chi connectivity index (χ0v) is 9.18. The molecule has 0 saturated heterocycles. The van der Waals surface area contributed by atoms with Crippen molar-refractivity contribution >= 4 is 11.6 Å². The number of pyridine rings is 1. The molecule has 2 unspecified atom stereocenters. The van der Waals surface area contributed by atoms with Crippen molar-refractivity contribution in [1.82, 2.24) is 4.98 Å². The summed E-state index contributed by atoms with van der Waals surface area (Å²) in [5, 5.41) is 18.9. The van der Waals surface area contributed by atoms with Crippen LogP contribution in [0.4, 0.5) is 0 Å². The summed E-state index contributed by atoms with van der Waals surface area (Å²) in [5.41, 5.74) is 0.520. The lowest BCUT2D eigenvalue weighted by molar-refractivity contribution is 0.0324. The fourth-order valence-corrected chi connectivity index (χ4v) is 1.28. The topological polar surface area (TPSA) is 62.6 Å². The van der Waals surface area contributed by atoms with Crippen LogP contribution in [-0.2, 0) is 0 Å². The third kappa shape index (κ3) is 3.34. The molecule has 0 radical (unpaired) electrons. The number of ether oxygens (including phenoxy) is 1. The quantitative estimate of drug-likeness (QED) is 0.746. The standard InChI is InChI=1S/C10H14ClNO3/c1-2-15-9-4-3-7(6-12-9)10(14)8(13)5-11/h3-4,6,8,10,13-14H,2,5H2,1H3. The van der Waals surface area contributed by atoms with E-state index in [-0.39, 0.29) is 5.88 Å². The third-order valence-electron chi connectivity index (χ3n) is 1.92. The highest BCUT2D eigenvalue weighted by Gasteiger charge is 2.17. The Morgan fingerprint density at radius 2 is 2.20 bits per heavy atom. The molecule has 1 heterocycles. The van der Waals surface area contributed by atoms with E-state index in [2.05, 4.69) is 4.98 Å². The maximum Gasteiger partial charge on any atom is 0.213 e. The number of nitrogens with zero attached hydrogens (tertiary/aromatic N) is 1. The van der Waals surface area contributed by atoms with Crippen LogP contribution in [-0.4, -0.2) is 33.8 Å². The molecule has 1 aromatic rings. The summed E-state index contributed by atoms with van der Waals surface area (Å²) in [6.07, 6.45) is -0.525. The highest BCUT2D eigenvalue weighted by Crippen LogP contribution is 2.18. The molecule has 0 aliphatic heterocycles. The number of alkyl halides is 1. The second-order valence-corrected chi connectivity index (χ2v) is 3.34. The summed E-state index contributed by atoms with van der Waals surface area (Å²) in [4.78, 5) is 3.97. The molecule has 1 rings (SSSR count). The summed E-state index contributed by atoms with van der Waals surface area (Å²) in [5.74, 6) is 0.475. The van der Waals surface area contributed by atoms with Gasteiger partial charge in [-0.15, -0.1) is 11.6 Å². The molecule has 84 valence electrons. The fourth-order valence-electron chi connectivity index (χ4n) is 1.11. The second-order valence-electron chi connectivity index (χ2n) is 3.03. The summed E-state index contributed by atoms with van der Waals surface area (Å²) >= 11 is 5.42. The molecular weight excluding hydrogens is 218 g/mol. The molecule has 5 heteroatoms. The zero-order chi connectivity index (χ0) is 11.3. The first-order valence-electron chi connectivity index (χ1n) is 4.69. The van der Waals surface area contributed by atoms with E-state index >= 15 is 0 Å². The number of aliphatic hydroxyl groups excluding tert-OH is 2. The molecule has 0 aliphatic carbocycles. The normalized spacial score (nSPS) is 14.7. The van der Waals surface area contributed by atoms with E-state index in [0.29, 0.717) is 18.1 Å². The maximum atomic E-state index is 9.59. The van der Waals surface area contributed by atoms with Crippen LogP contribution >= 0.6 is 11.6 Å². The first-order valence-corrected chi connectivity index (χ1v) is 5.23. The van der Waals surface area contributed by atoms with Gasteiger partial charge in [-0.3, -0.25) is 0 Å². The molecular formula is C10H14ClNO3. The van der Waals surface area contributed by atoms with Gasteiger partial charge in [-0.25, -0.2) is 4.98 Å². The largest absolute Gasteiger partial charge is 0.478 e. The SMILES string of the molecule is CCOc1ccc(C(O)C(O)CCl)cn1. The minimum Gasteiger partial charge on any atom is -0.478 e. The van der Waals surface area contributed by atoms with Crippen LogP contribution in [0.3, 0.4) is 0 Å². The number of hydrogen-bond acceptors (Lipinski definition) is 4. The Balaban J connectivity index is 2.70. The number of aliphatic hydroxyl groups is 2. The Labute approximate surface area is 93.5 Å². The Morgan fingerprint density at radius 1 is 1.47 bits per heavy atom. The van der Waals surface area contributed by atoms with Crippen molar-refractivity contribution in [3.05, 3.63) is 23.9 Å². The van der Waals surface area contributed by atoms with E-state index < -0.39 is 12.2 Å². The van der Waals surface area contributed by atoms with E-state index in [1.54, 1.807) is 12.1 Å². The molecule has 0 saturated carbocycles. The van der Waals surface area contributed by atoms with E-state index in [0.717, 1.165) is 0 Å². The van der Waals surface area contributed by atoms with Gasteiger partial charge in [-0.2, -0.15) is 0 Å². The van der Waals surface area contributed by atoms with Gasteiger partial charge < -0.3 is 14.9 Å². The van der Waals surface area contributed by atoms with Crippen LogP contribution in [0.2, 0.25) is 0 Å². The smallest absolute Gasteiger partial charge is 0.213 e. The minimum absolute atomic E-state index is 0.0195. The molecule has 0 aliphatic rings. The first kappa shape index (κ1) is 12.2. The lowest BCUT2D eigenvalue weighted by Gasteiger charge is -2.15. The van der Waals surface area contributed by atoms with Gasteiger partial charge in [0.1, 0.15) is 6.10 Å². The zero-order valence-electron chi connectivity index (χ0n) is 8.43. The molecule has 1 aromatic heterocycles. The van der Waals surface area contributed by atoms with Gasteiger partial charge in [0, 0.05) is 17.8 Å². The van der Waals surface area contributed by atoms with Gasteiger partial charge in [0.2, 0.25) is 5.88 Å². The molecule has 4 nitrogen and oxygen atoms in total.